The van der Waals surface area contributed by atoms with Gasteiger partial charge in [-0.3, -0.25) is 4.79 Å². The van der Waals surface area contributed by atoms with Crippen molar-refractivity contribution in [2.45, 2.75) is 129 Å². The van der Waals surface area contributed by atoms with Crippen molar-refractivity contribution in [1.82, 2.24) is 0 Å². The molecule has 0 bridgehead atoms. The summed E-state index contributed by atoms with van der Waals surface area (Å²) in [6.07, 6.45) is 26.7. The quantitative estimate of drug-likeness (QED) is 0.218. The van der Waals surface area contributed by atoms with Crippen LogP contribution in [0.25, 0.3) is 0 Å². The summed E-state index contributed by atoms with van der Waals surface area (Å²) in [4.78, 5) is 9.48. The van der Waals surface area contributed by atoms with E-state index in [2.05, 4.69) is 13.5 Å². The topological polar surface area (TPSA) is 57.5 Å². The summed E-state index contributed by atoms with van der Waals surface area (Å²) in [5.74, 6) is 7.33. The SMILES string of the molecule is C=C(C=O)CO.CCCCCC1CCC(C2CCC3CC(C4CCC(O)CC4)CCC3C2)CC1. The average molecular weight is 475 g/mol. The number of hydrogen-bond donors (Lipinski definition) is 2. The Hall–Kier alpha value is -0.670. The Morgan fingerprint density at radius 2 is 1.18 bits per heavy atom. The third-order valence-corrected chi connectivity index (χ3v) is 10.2. The number of aliphatic hydroxyl groups excluding tert-OH is 2. The first-order valence-corrected chi connectivity index (χ1v) is 15.0. The Kier molecular flexibility index (Phi) is 12.1. The van der Waals surface area contributed by atoms with Gasteiger partial charge in [0.15, 0.2) is 0 Å². The molecule has 4 unspecified atom stereocenters. The zero-order valence-electron chi connectivity index (χ0n) is 22.1. The highest BCUT2D eigenvalue weighted by Crippen LogP contribution is 2.51. The molecule has 0 saturated heterocycles. The predicted octanol–water partition coefficient (Wildman–Crippen LogP) is 7.49. The maximum absolute atomic E-state index is 9.84. The van der Waals surface area contributed by atoms with Gasteiger partial charge < -0.3 is 10.2 Å². The van der Waals surface area contributed by atoms with E-state index in [4.69, 9.17) is 5.11 Å². The maximum atomic E-state index is 9.84. The van der Waals surface area contributed by atoms with Gasteiger partial charge in [0.05, 0.1) is 12.7 Å². The van der Waals surface area contributed by atoms with Gasteiger partial charge in [-0.15, -0.1) is 0 Å². The second-order valence-corrected chi connectivity index (χ2v) is 12.4. The number of carbonyl (C=O) groups is 1. The molecule has 0 amide bonds. The van der Waals surface area contributed by atoms with Crippen LogP contribution < -0.4 is 0 Å². The van der Waals surface area contributed by atoms with Gasteiger partial charge in [-0.2, -0.15) is 0 Å². The number of fused-ring (bicyclic) bond motifs is 1. The van der Waals surface area contributed by atoms with Crippen molar-refractivity contribution in [2.24, 2.45) is 41.4 Å². The molecule has 0 aromatic carbocycles. The molecule has 0 aromatic rings. The third-order valence-electron chi connectivity index (χ3n) is 10.2. The molecule has 4 fully saturated rings. The molecule has 4 rings (SSSR count). The molecule has 4 saturated carbocycles. The number of hydrogen-bond acceptors (Lipinski definition) is 3. The van der Waals surface area contributed by atoms with E-state index in [1.54, 1.807) is 51.4 Å². The number of unbranched alkanes of at least 4 members (excludes halogenated alkanes) is 2. The molecule has 2 N–H and O–H groups in total. The molecule has 4 aliphatic rings. The average Bonchev–Trinajstić information content (AvgIpc) is 2.89. The molecular weight excluding hydrogens is 420 g/mol. The van der Waals surface area contributed by atoms with E-state index in [0.29, 0.717) is 6.29 Å². The van der Waals surface area contributed by atoms with Crippen molar-refractivity contribution >= 4 is 6.29 Å². The lowest BCUT2D eigenvalue weighted by Crippen LogP contribution is -2.37. The Morgan fingerprint density at radius 1 is 0.735 bits per heavy atom. The lowest BCUT2D eigenvalue weighted by atomic mass is 9.59. The first-order valence-electron chi connectivity index (χ1n) is 15.0. The number of aldehydes is 1. The van der Waals surface area contributed by atoms with Gasteiger partial charge in [0.2, 0.25) is 0 Å². The van der Waals surface area contributed by atoms with Gasteiger partial charge in [-0.1, -0.05) is 52.0 Å². The third kappa shape index (κ3) is 8.47. The van der Waals surface area contributed by atoms with Crippen LogP contribution in [-0.2, 0) is 4.79 Å². The van der Waals surface area contributed by atoms with Crippen molar-refractivity contribution in [2.75, 3.05) is 6.61 Å². The van der Waals surface area contributed by atoms with Crippen molar-refractivity contribution in [3.05, 3.63) is 12.2 Å². The number of rotatable bonds is 8. The molecule has 4 aliphatic carbocycles. The molecule has 3 heteroatoms. The first kappa shape index (κ1) is 27.9. The van der Waals surface area contributed by atoms with Crippen molar-refractivity contribution < 1.29 is 15.0 Å². The molecule has 0 heterocycles. The smallest absolute Gasteiger partial charge is 0.147 e. The minimum absolute atomic E-state index is 0.0183. The highest BCUT2D eigenvalue weighted by molar-refractivity contribution is 5.72. The highest BCUT2D eigenvalue weighted by atomic mass is 16.3. The number of aliphatic hydroxyl groups is 2. The molecule has 196 valence electrons. The van der Waals surface area contributed by atoms with Gasteiger partial charge in [0.25, 0.3) is 0 Å². The minimum atomic E-state index is -0.233. The standard InChI is InChI=1S/C27H48O.C4H6O2/c1-2-3-4-5-20-6-8-21(9-7-20)23-10-12-26-19-24(11-13-25(26)18-23)22-14-16-27(28)17-15-22;1-4(2-5)3-6/h20-28H,2-19H2,1H3;2,6H,1,3H2. The zero-order chi connectivity index (χ0) is 24.3. The summed E-state index contributed by atoms with van der Waals surface area (Å²) >= 11 is 0. The first-order chi connectivity index (χ1) is 16.5. The van der Waals surface area contributed by atoms with Gasteiger partial charge in [0.1, 0.15) is 6.29 Å². The maximum Gasteiger partial charge on any atom is 0.147 e. The van der Waals surface area contributed by atoms with E-state index in [9.17, 15) is 9.90 Å². The molecule has 0 radical (unpaired) electrons. The van der Waals surface area contributed by atoms with E-state index in [1.807, 2.05) is 0 Å². The second-order valence-electron chi connectivity index (χ2n) is 12.4. The fraction of sp³-hybridized carbons (Fsp3) is 0.903. The molecule has 0 aliphatic heterocycles. The summed E-state index contributed by atoms with van der Waals surface area (Å²) in [7, 11) is 0. The largest absolute Gasteiger partial charge is 0.393 e. The molecule has 4 atom stereocenters. The van der Waals surface area contributed by atoms with E-state index in [-0.39, 0.29) is 18.3 Å². The van der Waals surface area contributed by atoms with Gasteiger partial charge in [0, 0.05) is 5.57 Å². The molecule has 3 nitrogen and oxygen atoms in total. The van der Waals surface area contributed by atoms with Crippen LogP contribution in [0.15, 0.2) is 12.2 Å². The summed E-state index contributed by atoms with van der Waals surface area (Å²) in [5, 5.41) is 17.8. The molecular formula is C31H54O3. The van der Waals surface area contributed by atoms with Crippen LogP contribution in [0.1, 0.15) is 122 Å². The van der Waals surface area contributed by atoms with Gasteiger partial charge in [-0.25, -0.2) is 0 Å². The van der Waals surface area contributed by atoms with Crippen molar-refractivity contribution in [3.63, 3.8) is 0 Å². The van der Waals surface area contributed by atoms with E-state index < -0.39 is 0 Å². The van der Waals surface area contributed by atoms with Crippen LogP contribution in [0.3, 0.4) is 0 Å². The summed E-state index contributed by atoms with van der Waals surface area (Å²) in [5.41, 5.74) is 0.218. The highest BCUT2D eigenvalue weighted by Gasteiger charge is 2.40. The zero-order valence-corrected chi connectivity index (χ0v) is 22.1. The van der Waals surface area contributed by atoms with E-state index in [1.165, 1.54) is 51.4 Å². The monoisotopic (exact) mass is 474 g/mol. The van der Waals surface area contributed by atoms with E-state index in [0.717, 1.165) is 54.3 Å². The fourth-order valence-electron chi connectivity index (χ4n) is 8.06. The number of carbonyl (C=O) groups excluding carboxylic acids is 1. The van der Waals surface area contributed by atoms with Crippen LogP contribution in [-0.4, -0.2) is 29.2 Å². The van der Waals surface area contributed by atoms with Crippen LogP contribution >= 0.6 is 0 Å². The summed E-state index contributed by atoms with van der Waals surface area (Å²) in [6.45, 7) is 5.27. The molecule has 0 aromatic heterocycles. The van der Waals surface area contributed by atoms with Crippen LogP contribution in [0.2, 0.25) is 0 Å². The predicted molar refractivity (Wildman–Crippen MR) is 142 cm³/mol. The second kappa shape index (κ2) is 14.8. The van der Waals surface area contributed by atoms with Crippen molar-refractivity contribution in [1.29, 1.82) is 0 Å². The Labute approximate surface area is 210 Å². The lowest BCUT2D eigenvalue weighted by Gasteiger charge is -2.47. The minimum Gasteiger partial charge on any atom is -0.393 e. The van der Waals surface area contributed by atoms with Crippen LogP contribution in [0.5, 0.6) is 0 Å². The molecule has 34 heavy (non-hydrogen) atoms. The van der Waals surface area contributed by atoms with Crippen LogP contribution in [0.4, 0.5) is 0 Å². The Balaban J connectivity index is 0.000000481. The van der Waals surface area contributed by atoms with Crippen LogP contribution in [0, 0.1) is 41.4 Å². The summed E-state index contributed by atoms with van der Waals surface area (Å²) in [6, 6.07) is 0. The van der Waals surface area contributed by atoms with Gasteiger partial charge in [-0.05, 0) is 118 Å². The lowest BCUT2D eigenvalue weighted by molar-refractivity contribution is -0.105. The Bertz CT molecular complexity index is 585. The Morgan fingerprint density at radius 3 is 1.59 bits per heavy atom. The van der Waals surface area contributed by atoms with E-state index >= 15 is 0 Å². The van der Waals surface area contributed by atoms with Gasteiger partial charge >= 0.3 is 0 Å². The van der Waals surface area contributed by atoms with Crippen molar-refractivity contribution in [3.8, 4) is 0 Å². The fourth-order valence-corrected chi connectivity index (χ4v) is 8.06. The summed E-state index contributed by atoms with van der Waals surface area (Å²) < 4.78 is 0. The normalized spacial score (nSPS) is 38.2. The molecule has 0 spiro atoms.